The van der Waals surface area contributed by atoms with Gasteiger partial charge >= 0.3 is 5.97 Å². The number of hydrogen-bond donors (Lipinski definition) is 1. The Morgan fingerprint density at radius 1 is 1.45 bits per heavy atom. The van der Waals surface area contributed by atoms with Crippen molar-refractivity contribution in [2.24, 2.45) is 5.92 Å². The molecule has 1 aromatic rings. The van der Waals surface area contributed by atoms with Crippen molar-refractivity contribution < 1.29 is 24.0 Å². The first-order chi connectivity index (χ1) is 9.38. The van der Waals surface area contributed by atoms with Gasteiger partial charge in [0.1, 0.15) is 11.4 Å². The number of carbonyl (C=O) groups excluding carboxylic acids is 1. The van der Waals surface area contributed by atoms with Crippen LogP contribution in [0, 0.1) is 21.8 Å². The first-order valence-electron chi connectivity index (χ1n) is 5.83. The minimum atomic E-state index is -0.949. The van der Waals surface area contributed by atoms with E-state index in [0.29, 0.717) is 6.07 Å². The lowest BCUT2D eigenvalue weighted by Gasteiger charge is -2.38. The number of aliphatic carboxylic acids is 1. The van der Waals surface area contributed by atoms with Gasteiger partial charge in [-0.1, -0.05) is 0 Å². The number of nitro groups is 1. The van der Waals surface area contributed by atoms with Gasteiger partial charge in [0.05, 0.1) is 17.4 Å². The van der Waals surface area contributed by atoms with Crippen LogP contribution in [0.25, 0.3) is 0 Å². The summed E-state index contributed by atoms with van der Waals surface area (Å²) in [7, 11) is 0. The second-order valence-corrected chi connectivity index (χ2v) is 4.59. The molecule has 1 amide bonds. The SMILES string of the molecule is O=C(O)CC1CN(C(=O)c2ccc(F)cc2[N+](=O)[O-])C1. The molecule has 0 saturated carbocycles. The van der Waals surface area contributed by atoms with Crippen LogP contribution < -0.4 is 0 Å². The molecule has 106 valence electrons. The highest BCUT2D eigenvalue weighted by atomic mass is 19.1. The lowest BCUT2D eigenvalue weighted by Crippen LogP contribution is -2.50. The summed E-state index contributed by atoms with van der Waals surface area (Å²) < 4.78 is 13.0. The molecule has 0 aliphatic carbocycles. The molecule has 1 fully saturated rings. The Hall–Kier alpha value is -2.51. The minimum absolute atomic E-state index is 0.0463. The molecular formula is C12H11FN2O5. The van der Waals surface area contributed by atoms with Crippen LogP contribution in [0.1, 0.15) is 16.8 Å². The van der Waals surface area contributed by atoms with Crippen molar-refractivity contribution in [2.75, 3.05) is 13.1 Å². The van der Waals surface area contributed by atoms with E-state index < -0.39 is 28.3 Å². The van der Waals surface area contributed by atoms with Gasteiger partial charge in [-0.15, -0.1) is 0 Å². The number of likely N-dealkylation sites (tertiary alicyclic amines) is 1. The first-order valence-corrected chi connectivity index (χ1v) is 5.83. The molecule has 0 spiro atoms. The molecule has 1 N–H and O–H groups in total. The van der Waals surface area contributed by atoms with Crippen LogP contribution in [0.4, 0.5) is 10.1 Å². The highest BCUT2D eigenvalue weighted by Crippen LogP contribution is 2.26. The molecule has 20 heavy (non-hydrogen) atoms. The number of halogens is 1. The Bertz CT molecular complexity index is 583. The zero-order valence-electron chi connectivity index (χ0n) is 10.3. The lowest BCUT2D eigenvalue weighted by atomic mass is 9.95. The molecule has 0 aromatic heterocycles. The van der Waals surface area contributed by atoms with Crippen molar-refractivity contribution in [1.82, 2.24) is 4.90 Å². The highest BCUT2D eigenvalue weighted by Gasteiger charge is 2.35. The largest absolute Gasteiger partial charge is 0.481 e. The highest BCUT2D eigenvalue weighted by molar-refractivity contribution is 5.98. The first kappa shape index (κ1) is 13.9. The maximum Gasteiger partial charge on any atom is 0.303 e. The minimum Gasteiger partial charge on any atom is -0.481 e. The average molecular weight is 282 g/mol. The fourth-order valence-corrected chi connectivity index (χ4v) is 2.12. The monoisotopic (exact) mass is 282 g/mol. The van der Waals surface area contributed by atoms with Crippen molar-refractivity contribution in [3.8, 4) is 0 Å². The number of benzene rings is 1. The predicted octanol–water partition coefficient (Wildman–Crippen LogP) is 1.28. The molecule has 1 heterocycles. The molecule has 0 radical (unpaired) electrons. The third-order valence-corrected chi connectivity index (χ3v) is 3.09. The molecule has 7 nitrogen and oxygen atoms in total. The molecule has 0 unspecified atom stereocenters. The van der Waals surface area contributed by atoms with Crippen molar-refractivity contribution >= 4 is 17.6 Å². The third kappa shape index (κ3) is 2.73. The molecular weight excluding hydrogens is 271 g/mol. The van der Waals surface area contributed by atoms with Crippen molar-refractivity contribution in [2.45, 2.75) is 6.42 Å². The summed E-state index contributed by atoms with van der Waals surface area (Å²) in [5.41, 5.74) is -0.776. The van der Waals surface area contributed by atoms with E-state index in [0.717, 1.165) is 12.1 Å². The number of nitro benzene ring substituents is 1. The number of carboxylic acid groups (broad SMARTS) is 1. The van der Waals surface area contributed by atoms with Gasteiger partial charge in [-0.05, 0) is 12.1 Å². The summed E-state index contributed by atoms with van der Waals surface area (Å²) in [5, 5.41) is 19.4. The number of nitrogens with zero attached hydrogens (tertiary/aromatic N) is 2. The summed E-state index contributed by atoms with van der Waals surface area (Å²) in [4.78, 5) is 33.8. The van der Waals surface area contributed by atoms with Gasteiger partial charge in [0.25, 0.3) is 11.6 Å². The summed E-state index contributed by atoms with van der Waals surface area (Å²) >= 11 is 0. The molecule has 0 atom stereocenters. The van der Waals surface area contributed by atoms with E-state index in [2.05, 4.69) is 0 Å². The maximum atomic E-state index is 13.0. The molecule has 1 aromatic carbocycles. The van der Waals surface area contributed by atoms with Gasteiger partial charge in [0.15, 0.2) is 0 Å². The van der Waals surface area contributed by atoms with Gasteiger partial charge in [-0.2, -0.15) is 0 Å². The van der Waals surface area contributed by atoms with Crippen LogP contribution in [0.5, 0.6) is 0 Å². The standard InChI is InChI=1S/C12H11FN2O5/c13-8-1-2-9(10(4-8)15(19)20)12(18)14-5-7(6-14)3-11(16)17/h1-2,4,7H,3,5-6H2,(H,16,17). The topological polar surface area (TPSA) is 101 Å². The van der Waals surface area contributed by atoms with Crippen LogP contribution in [0.15, 0.2) is 18.2 Å². The van der Waals surface area contributed by atoms with Gasteiger partial charge in [-0.3, -0.25) is 19.7 Å². The Kier molecular flexibility index (Phi) is 3.64. The maximum absolute atomic E-state index is 13.0. The molecule has 2 rings (SSSR count). The van der Waals surface area contributed by atoms with Gasteiger partial charge in [0, 0.05) is 19.0 Å². The quantitative estimate of drug-likeness (QED) is 0.662. The van der Waals surface area contributed by atoms with E-state index in [-0.39, 0.29) is 31.0 Å². The van der Waals surface area contributed by atoms with Crippen LogP contribution in [0.3, 0.4) is 0 Å². The summed E-state index contributed by atoms with van der Waals surface area (Å²) in [6, 6.07) is 2.75. The molecule has 0 bridgehead atoms. The van der Waals surface area contributed by atoms with Gasteiger partial charge in [-0.25, -0.2) is 4.39 Å². The van der Waals surface area contributed by atoms with Gasteiger partial charge in [0.2, 0.25) is 0 Å². The smallest absolute Gasteiger partial charge is 0.303 e. The second-order valence-electron chi connectivity index (χ2n) is 4.59. The van der Waals surface area contributed by atoms with E-state index in [4.69, 9.17) is 5.11 Å². The zero-order valence-corrected chi connectivity index (χ0v) is 10.3. The predicted molar refractivity (Wildman–Crippen MR) is 64.7 cm³/mol. The Balaban J connectivity index is 2.11. The molecule has 1 saturated heterocycles. The van der Waals surface area contributed by atoms with Crippen molar-refractivity contribution in [3.05, 3.63) is 39.7 Å². The van der Waals surface area contributed by atoms with Crippen LogP contribution in [-0.4, -0.2) is 39.9 Å². The van der Waals surface area contributed by atoms with E-state index >= 15 is 0 Å². The number of amides is 1. The normalized spacial score (nSPS) is 14.8. The van der Waals surface area contributed by atoms with E-state index in [1.165, 1.54) is 4.90 Å². The van der Waals surface area contributed by atoms with E-state index in [1.807, 2.05) is 0 Å². The van der Waals surface area contributed by atoms with E-state index in [1.54, 1.807) is 0 Å². The molecule has 8 heteroatoms. The fraction of sp³-hybridized carbons (Fsp3) is 0.333. The van der Waals surface area contributed by atoms with Gasteiger partial charge < -0.3 is 10.0 Å². The Morgan fingerprint density at radius 3 is 2.65 bits per heavy atom. The van der Waals surface area contributed by atoms with Crippen molar-refractivity contribution in [1.29, 1.82) is 0 Å². The molecule has 1 aliphatic rings. The number of carboxylic acids is 1. The number of rotatable bonds is 4. The number of hydrogen-bond acceptors (Lipinski definition) is 4. The van der Waals surface area contributed by atoms with Crippen molar-refractivity contribution in [3.63, 3.8) is 0 Å². The Morgan fingerprint density at radius 2 is 2.10 bits per heavy atom. The second kappa shape index (κ2) is 5.24. The van der Waals surface area contributed by atoms with Crippen LogP contribution in [-0.2, 0) is 4.79 Å². The fourth-order valence-electron chi connectivity index (χ4n) is 2.12. The zero-order chi connectivity index (χ0) is 14.9. The van der Waals surface area contributed by atoms with Crippen LogP contribution in [0.2, 0.25) is 0 Å². The number of carbonyl (C=O) groups is 2. The lowest BCUT2D eigenvalue weighted by molar-refractivity contribution is -0.385. The Labute approximate surface area is 112 Å². The summed E-state index contributed by atoms with van der Waals surface area (Å²) in [6.07, 6.45) is -0.0463. The average Bonchev–Trinajstić information content (AvgIpc) is 2.32. The summed E-state index contributed by atoms with van der Waals surface area (Å²) in [5.74, 6) is -2.47. The van der Waals surface area contributed by atoms with E-state index in [9.17, 15) is 24.1 Å². The third-order valence-electron chi connectivity index (χ3n) is 3.09. The molecule has 1 aliphatic heterocycles. The summed E-state index contributed by atoms with van der Waals surface area (Å²) in [6.45, 7) is 0.472. The van der Waals surface area contributed by atoms with Crippen LogP contribution >= 0.6 is 0 Å².